The van der Waals surface area contributed by atoms with Crippen molar-refractivity contribution in [2.24, 2.45) is 0 Å². The van der Waals surface area contributed by atoms with E-state index >= 15 is 0 Å². The maximum absolute atomic E-state index is 14.0. The summed E-state index contributed by atoms with van der Waals surface area (Å²) in [5.74, 6) is 0.400. The third-order valence-corrected chi connectivity index (χ3v) is 5.54. The van der Waals surface area contributed by atoms with E-state index in [0.717, 1.165) is 66.5 Å². The molecule has 1 aliphatic heterocycles. The Morgan fingerprint density at radius 1 is 1.19 bits per heavy atom. The van der Waals surface area contributed by atoms with Crippen LogP contribution in [0.2, 0.25) is 0 Å². The molecule has 0 radical (unpaired) electrons. The van der Waals surface area contributed by atoms with Crippen LogP contribution in [0.4, 0.5) is 10.1 Å². The quantitative estimate of drug-likeness (QED) is 0.407. The Kier molecular flexibility index (Phi) is 6.23. The van der Waals surface area contributed by atoms with Gasteiger partial charge in [-0.1, -0.05) is 17.7 Å². The topological polar surface area (TPSA) is 68.5 Å². The molecule has 4 rings (SSSR count). The Morgan fingerprint density at radius 2 is 2.00 bits per heavy atom. The average Bonchev–Trinajstić information content (AvgIpc) is 2.76. The van der Waals surface area contributed by atoms with Gasteiger partial charge >= 0.3 is 0 Å². The van der Waals surface area contributed by atoms with E-state index in [1.54, 1.807) is 6.08 Å². The zero-order valence-corrected chi connectivity index (χ0v) is 17.4. The van der Waals surface area contributed by atoms with Gasteiger partial charge in [0.25, 0.3) is 5.69 Å². The number of hydrogen-bond donors (Lipinski definition) is 0. The monoisotopic (exact) mass is 421 g/mol. The number of piperidine rings is 1. The second-order valence-corrected chi connectivity index (χ2v) is 7.73. The highest BCUT2D eigenvalue weighted by molar-refractivity contribution is 5.85. The van der Waals surface area contributed by atoms with Gasteiger partial charge < -0.3 is 4.74 Å². The van der Waals surface area contributed by atoms with Crippen molar-refractivity contribution >= 4 is 22.7 Å². The molecule has 0 spiro atoms. The molecule has 0 amide bonds. The van der Waals surface area contributed by atoms with E-state index in [-0.39, 0.29) is 11.3 Å². The smallest absolute Gasteiger partial charge is 0.270 e. The minimum atomic E-state index is -0.503. The maximum Gasteiger partial charge on any atom is 0.270 e. The molecule has 1 aromatic heterocycles. The lowest BCUT2D eigenvalue weighted by molar-refractivity contribution is -0.384. The molecule has 0 saturated carbocycles. The molecule has 0 bridgehead atoms. The van der Waals surface area contributed by atoms with Crippen LogP contribution in [0.25, 0.3) is 17.0 Å². The summed E-state index contributed by atoms with van der Waals surface area (Å²) >= 11 is 0. The summed E-state index contributed by atoms with van der Waals surface area (Å²) in [4.78, 5) is 17.3. The van der Waals surface area contributed by atoms with Crippen LogP contribution in [-0.2, 0) is 0 Å². The van der Waals surface area contributed by atoms with Crippen molar-refractivity contribution in [3.63, 3.8) is 0 Å². The molecule has 2 aromatic carbocycles. The number of pyridine rings is 1. The van der Waals surface area contributed by atoms with Crippen LogP contribution in [0.1, 0.15) is 24.1 Å². The molecule has 0 atom stereocenters. The Balaban J connectivity index is 1.32. The number of nitro groups is 1. The summed E-state index contributed by atoms with van der Waals surface area (Å²) in [5.41, 5.74) is 3.19. The van der Waals surface area contributed by atoms with E-state index in [9.17, 15) is 14.5 Å². The number of halogens is 1. The molecule has 3 aromatic rings. The van der Waals surface area contributed by atoms with E-state index in [4.69, 9.17) is 4.74 Å². The summed E-state index contributed by atoms with van der Waals surface area (Å²) < 4.78 is 20.1. The van der Waals surface area contributed by atoms with Crippen molar-refractivity contribution in [2.45, 2.75) is 19.8 Å². The van der Waals surface area contributed by atoms with Gasteiger partial charge in [0.2, 0.25) is 0 Å². The molecule has 0 unspecified atom stereocenters. The lowest BCUT2D eigenvalue weighted by atomic mass is 10.0. The molecular formula is C24H24FN3O3. The zero-order valence-electron chi connectivity index (χ0n) is 17.4. The van der Waals surface area contributed by atoms with Crippen molar-refractivity contribution in [3.8, 4) is 5.75 Å². The molecular weight excluding hydrogens is 397 g/mol. The van der Waals surface area contributed by atoms with Gasteiger partial charge in [0.15, 0.2) is 0 Å². The second kappa shape index (κ2) is 9.22. The van der Waals surface area contributed by atoms with Crippen LogP contribution in [0, 0.1) is 22.9 Å². The van der Waals surface area contributed by atoms with Crippen LogP contribution in [-0.4, -0.2) is 41.0 Å². The number of aromatic nitrogens is 1. The van der Waals surface area contributed by atoms with E-state index in [1.807, 2.05) is 37.3 Å². The number of nitrogens with zero attached hydrogens (tertiary/aromatic N) is 3. The van der Waals surface area contributed by atoms with Gasteiger partial charge in [0, 0.05) is 48.4 Å². The van der Waals surface area contributed by atoms with Gasteiger partial charge in [-0.25, -0.2) is 4.39 Å². The number of rotatable bonds is 6. The van der Waals surface area contributed by atoms with Crippen molar-refractivity contribution in [2.75, 3.05) is 26.2 Å². The number of benzene rings is 2. The molecule has 1 saturated heterocycles. The zero-order chi connectivity index (χ0) is 21.8. The lowest BCUT2D eigenvalue weighted by Gasteiger charge is -2.28. The Morgan fingerprint density at radius 3 is 2.77 bits per heavy atom. The SMILES string of the molecule is Cc1ccc2c(OCCN3CCC(=Cc4cc([N+](=O)[O-])ccc4F)CC3)cccc2n1. The highest BCUT2D eigenvalue weighted by Crippen LogP contribution is 2.26. The third-order valence-electron chi connectivity index (χ3n) is 5.54. The molecule has 6 nitrogen and oxygen atoms in total. The normalized spacial score (nSPS) is 14.6. The van der Waals surface area contributed by atoms with Crippen molar-refractivity contribution in [1.29, 1.82) is 0 Å². The second-order valence-electron chi connectivity index (χ2n) is 7.73. The van der Waals surface area contributed by atoms with E-state index in [1.165, 1.54) is 12.1 Å². The number of aryl methyl sites for hydroxylation is 1. The number of non-ortho nitro benzene ring substituents is 1. The van der Waals surface area contributed by atoms with Gasteiger partial charge in [-0.3, -0.25) is 20.0 Å². The Labute approximate surface area is 180 Å². The third kappa shape index (κ3) is 5.06. The average molecular weight is 421 g/mol. The number of hydrogen-bond acceptors (Lipinski definition) is 5. The summed E-state index contributed by atoms with van der Waals surface area (Å²) in [6, 6.07) is 13.6. The van der Waals surface area contributed by atoms with Gasteiger partial charge in [0.05, 0.1) is 10.4 Å². The number of nitro benzene ring substituents is 1. The molecule has 160 valence electrons. The first-order chi connectivity index (χ1) is 15.0. The molecule has 31 heavy (non-hydrogen) atoms. The molecule has 0 aliphatic carbocycles. The summed E-state index contributed by atoms with van der Waals surface area (Å²) in [6.07, 6.45) is 3.36. The first-order valence-electron chi connectivity index (χ1n) is 10.3. The van der Waals surface area contributed by atoms with Crippen molar-refractivity contribution in [3.05, 3.63) is 81.3 Å². The van der Waals surface area contributed by atoms with Gasteiger partial charge in [-0.2, -0.15) is 0 Å². The van der Waals surface area contributed by atoms with Crippen LogP contribution in [0.5, 0.6) is 5.75 Å². The van der Waals surface area contributed by atoms with Crippen molar-refractivity contribution in [1.82, 2.24) is 9.88 Å². The first kappa shape index (κ1) is 20.9. The standard InChI is InChI=1S/C24H24FN3O3/c1-17-5-7-21-23(26-17)3-2-4-24(21)31-14-13-27-11-9-18(10-12-27)15-19-16-20(28(29)30)6-8-22(19)25/h2-8,15-16H,9-14H2,1H3. The summed E-state index contributed by atoms with van der Waals surface area (Å²) in [5, 5.41) is 11.9. The molecule has 0 N–H and O–H groups in total. The summed E-state index contributed by atoms with van der Waals surface area (Å²) in [7, 11) is 0. The highest BCUT2D eigenvalue weighted by atomic mass is 19.1. The van der Waals surface area contributed by atoms with Crippen LogP contribution >= 0.6 is 0 Å². The van der Waals surface area contributed by atoms with E-state index in [0.29, 0.717) is 6.61 Å². The lowest BCUT2D eigenvalue weighted by Crippen LogP contribution is -2.34. The Hall–Kier alpha value is -3.32. The maximum atomic E-state index is 14.0. The first-order valence-corrected chi connectivity index (χ1v) is 10.3. The highest BCUT2D eigenvalue weighted by Gasteiger charge is 2.16. The number of likely N-dealkylation sites (tertiary alicyclic amines) is 1. The fourth-order valence-electron chi connectivity index (χ4n) is 3.82. The van der Waals surface area contributed by atoms with Gasteiger partial charge in [-0.15, -0.1) is 0 Å². The van der Waals surface area contributed by atoms with Gasteiger partial charge in [0.1, 0.15) is 18.2 Å². The molecule has 2 heterocycles. The fraction of sp³-hybridized carbons (Fsp3) is 0.292. The van der Waals surface area contributed by atoms with Crippen LogP contribution < -0.4 is 4.74 Å². The summed E-state index contributed by atoms with van der Waals surface area (Å²) in [6.45, 7) is 5.04. The molecule has 1 fully saturated rings. The Bertz CT molecular complexity index is 1140. The van der Waals surface area contributed by atoms with Crippen LogP contribution in [0.15, 0.2) is 54.1 Å². The predicted molar refractivity (Wildman–Crippen MR) is 119 cm³/mol. The minimum Gasteiger partial charge on any atom is -0.492 e. The van der Waals surface area contributed by atoms with Crippen LogP contribution in [0.3, 0.4) is 0 Å². The molecule has 1 aliphatic rings. The number of fused-ring (bicyclic) bond motifs is 1. The van der Waals surface area contributed by atoms with E-state index < -0.39 is 10.7 Å². The minimum absolute atomic E-state index is 0.0957. The van der Waals surface area contributed by atoms with Gasteiger partial charge in [-0.05, 0) is 50.1 Å². The van der Waals surface area contributed by atoms with Crippen molar-refractivity contribution < 1.29 is 14.1 Å². The van der Waals surface area contributed by atoms with E-state index in [2.05, 4.69) is 9.88 Å². The fourth-order valence-corrected chi connectivity index (χ4v) is 3.82. The molecule has 7 heteroatoms. The number of ether oxygens (including phenoxy) is 1. The predicted octanol–water partition coefficient (Wildman–Crippen LogP) is 5.15. The largest absolute Gasteiger partial charge is 0.492 e.